The number of carboxylic acids is 1. The number of hydrogen-bond donors (Lipinski definition) is 2. The first-order valence-electron chi connectivity index (χ1n) is 7.35. The van der Waals surface area contributed by atoms with Crippen molar-refractivity contribution in [1.29, 1.82) is 0 Å². The Labute approximate surface area is 148 Å². The van der Waals surface area contributed by atoms with Gasteiger partial charge in [-0.3, -0.25) is 9.59 Å². The summed E-state index contributed by atoms with van der Waals surface area (Å²) in [5, 5.41) is 11.4. The number of ether oxygens (including phenoxy) is 1. The zero-order valence-electron chi connectivity index (χ0n) is 13.4. The molecule has 6 heteroatoms. The van der Waals surface area contributed by atoms with Gasteiger partial charge in [0, 0.05) is 5.69 Å². The van der Waals surface area contributed by atoms with E-state index >= 15 is 0 Å². The van der Waals surface area contributed by atoms with Crippen LogP contribution in [0.1, 0.15) is 16.7 Å². The van der Waals surface area contributed by atoms with Crippen LogP contribution in [-0.4, -0.2) is 23.6 Å². The van der Waals surface area contributed by atoms with E-state index in [-0.39, 0.29) is 18.9 Å². The fourth-order valence-electron chi connectivity index (χ4n) is 2.30. The maximum Gasteiger partial charge on any atom is 0.307 e. The highest BCUT2D eigenvalue weighted by Crippen LogP contribution is 2.30. The molecule has 5 nitrogen and oxygen atoms in total. The van der Waals surface area contributed by atoms with Gasteiger partial charge in [0.25, 0.3) is 5.91 Å². The summed E-state index contributed by atoms with van der Waals surface area (Å²) in [5.41, 5.74) is 3.33. The minimum Gasteiger partial charge on any atom is -0.482 e. The van der Waals surface area contributed by atoms with E-state index in [1.165, 1.54) is 0 Å². The van der Waals surface area contributed by atoms with Gasteiger partial charge in [0.2, 0.25) is 0 Å². The lowest BCUT2D eigenvalue weighted by Gasteiger charge is -2.12. The Morgan fingerprint density at radius 2 is 1.83 bits per heavy atom. The fourth-order valence-corrected chi connectivity index (χ4v) is 3.09. The fraction of sp³-hybridized carbons (Fsp3) is 0.222. The molecule has 126 valence electrons. The Morgan fingerprint density at radius 1 is 1.17 bits per heavy atom. The molecule has 2 N–H and O–H groups in total. The van der Waals surface area contributed by atoms with E-state index in [9.17, 15) is 9.59 Å². The lowest BCUT2D eigenvalue weighted by Crippen LogP contribution is -2.20. The second kappa shape index (κ2) is 7.97. The lowest BCUT2D eigenvalue weighted by atomic mass is 10.1. The number of nitrogens with one attached hydrogen (secondary N) is 1. The predicted octanol–water partition coefficient (Wildman–Crippen LogP) is 3.71. The zero-order valence-corrected chi connectivity index (χ0v) is 15.0. The highest BCUT2D eigenvalue weighted by molar-refractivity contribution is 9.10. The summed E-state index contributed by atoms with van der Waals surface area (Å²) in [5.74, 6) is -0.528. The first-order valence-corrected chi connectivity index (χ1v) is 8.14. The van der Waals surface area contributed by atoms with Gasteiger partial charge in [-0.15, -0.1) is 0 Å². The summed E-state index contributed by atoms with van der Waals surface area (Å²) in [6.45, 7) is 3.80. The number of aryl methyl sites for hydroxylation is 2. The number of anilines is 1. The third-order valence-electron chi connectivity index (χ3n) is 3.31. The van der Waals surface area contributed by atoms with Crippen molar-refractivity contribution >= 4 is 33.5 Å². The molecular weight excluding hydrogens is 374 g/mol. The van der Waals surface area contributed by atoms with E-state index in [0.29, 0.717) is 17.0 Å². The number of hydrogen-bond acceptors (Lipinski definition) is 3. The number of carbonyl (C=O) groups is 2. The Hall–Kier alpha value is -2.34. The van der Waals surface area contributed by atoms with Gasteiger partial charge in [-0.05, 0) is 64.7 Å². The summed E-state index contributed by atoms with van der Waals surface area (Å²) < 4.78 is 6.41. The Bertz CT molecular complexity index is 733. The maximum absolute atomic E-state index is 12.0. The molecule has 24 heavy (non-hydrogen) atoms. The second-order valence-electron chi connectivity index (χ2n) is 5.50. The van der Waals surface area contributed by atoms with E-state index in [1.54, 1.807) is 24.3 Å². The van der Waals surface area contributed by atoms with Crippen LogP contribution >= 0.6 is 15.9 Å². The van der Waals surface area contributed by atoms with Crippen molar-refractivity contribution in [2.24, 2.45) is 0 Å². The van der Waals surface area contributed by atoms with Gasteiger partial charge in [-0.2, -0.15) is 0 Å². The van der Waals surface area contributed by atoms with Crippen LogP contribution in [-0.2, 0) is 16.0 Å². The van der Waals surface area contributed by atoms with Gasteiger partial charge in [0.15, 0.2) is 6.61 Å². The monoisotopic (exact) mass is 391 g/mol. The van der Waals surface area contributed by atoms with E-state index in [2.05, 4.69) is 21.2 Å². The third kappa shape index (κ3) is 5.09. The maximum atomic E-state index is 12.0. The molecule has 0 unspecified atom stereocenters. The molecule has 0 aliphatic carbocycles. The molecule has 0 saturated heterocycles. The van der Waals surface area contributed by atoms with E-state index in [0.717, 1.165) is 15.6 Å². The van der Waals surface area contributed by atoms with Crippen molar-refractivity contribution in [3.05, 3.63) is 57.6 Å². The van der Waals surface area contributed by atoms with E-state index in [4.69, 9.17) is 9.84 Å². The van der Waals surface area contributed by atoms with Crippen molar-refractivity contribution in [1.82, 2.24) is 0 Å². The number of carbonyl (C=O) groups excluding carboxylic acids is 1. The number of amides is 1. The highest BCUT2D eigenvalue weighted by atomic mass is 79.9. The molecule has 1 amide bonds. The average molecular weight is 392 g/mol. The molecule has 2 rings (SSSR count). The quantitative estimate of drug-likeness (QED) is 0.786. The number of carboxylic acid groups (broad SMARTS) is 1. The minimum absolute atomic E-state index is 0.0436. The number of rotatable bonds is 6. The van der Waals surface area contributed by atoms with Crippen LogP contribution < -0.4 is 10.1 Å². The SMILES string of the molecule is Cc1cc(C)c(OCC(=O)Nc2ccc(CC(=O)O)cc2)c(Br)c1. The Kier molecular flexibility index (Phi) is 5.98. The van der Waals surface area contributed by atoms with Crippen LogP contribution in [0.2, 0.25) is 0 Å². The number of halogens is 1. The summed E-state index contributed by atoms with van der Waals surface area (Å²) in [6, 6.07) is 10.6. The van der Waals surface area contributed by atoms with E-state index < -0.39 is 5.97 Å². The predicted molar refractivity (Wildman–Crippen MR) is 95.5 cm³/mol. The first-order chi connectivity index (χ1) is 11.3. The summed E-state index contributed by atoms with van der Waals surface area (Å²) in [4.78, 5) is 22.6. The summed E-state index contributed by atoms with van der Waals surface area (Å²) in [7, 11) is 0. The molecule has 0 bridgehead atoms. The van der Waals surface area contributed by atoms with Gasteiger partial charge in [0.05, 0.1) is 10.9 Å². The Morgan fingerprint density at radius 3 is 2.42 bits per heavy atom. The average Bonchev–Trinajstić information content (AvgIpc) is 2.47. The van der Waals surface area contributed by atoms with Crippen LogP contribution in [0.4, 0.5) is 5.69 Å². The van der Waals surface area contributed by atoms with Crippen molar-refractivity contribution in [2.45, 2.75) is 20.3 Å². The molecule has 0 aliphatic heterocycles. The van der Waals surface area contributed by atoms with Crippen LogP contribution in [0.3, 0.4) is 0 Å². The number of benzene rings is 2. The molecule has 0 saturated carbocycles. The second-order valence-corrected chi connectivity index (χ2v) is 6.35. The molecule has 0 spiro atoms. The summed E-state index contributed by atoms with van der Waals surface area (Å²) in [6.07, 6.45) is -0.0436. The molecule has 0 aromatic heterocycles. The van der Waals surface area contributed by atoms with Crippen molar-refractivity contribution in [2.75, 3.05) is 11.9 Å². The summed E-state index contributed by atoms with van der Waals surface area (Å²) >= 11 is 3.44. The van der Waals surface area contributed by atoms with Gasteiger partial charge >= 0.3 is 5.97 Å². The van der Waals surface area contributed by atoms with Crippen molar-refractivity contribution in [3.63, 3.8) is 0 Å². The number of aliphatic carboxylic acids is 1. The van der Waals surface area contributed by atoms with Crippen molar-refractivity contribution in [3.8, 4) is 5.75 Å². The normalized spacial score (nSPS) is 10.3. The van der Waals surface area contributed by atoms with Gasteiger partial charge in [0.1, 0.15) is 5.75 Å². The van der Waals surface area contributed by atoms with Crippen LogP contribution in [0.25, 0.3) is 0 Å². The van der Waals surface area contributed by atoms with E-state index in [1.807, 2.05) is 26.0 Å². The molecule has 2 aromatic rings. The van der Waals surface area contributed by atoms with Crippen LogP contribution in [0.5, 0.6) is 5.75 Å². The Balaban J connectivity index is 1.93. The molecule has 0 fully saturated rings. The highest BCUT2D eigenvalue weighted by Gasteiger charge is 2.10. The van der Waals surface area contributed by atoms with Gasteiger partial charge in [-0.1, -0.05) is 18.2 Å². The van der Waals surface area contributed by atoms with Crippen LogP contribution in [0.15, 0.2) is 40.9 Å². The minimum atomic E-state index is -0.890. The van der Waals surface area contributed by atoms with Crippen LogP contribution in [0, 0.1) is 13.8 Å². The molecule has 0 atom stereocenters. The third-order valence-corrected chi connectivity index (χ3v) is 3.90. The first kappa shape index (κ1) is 18.0. The molecule has 0 radical (unpaired) electrons. The smallest absolute Gasteiger partial charge is 0.307 e. The lowest BCUT2D eigenvalue weighted by molar-refractivity contribution is -0.136. The molecular formula is C18H18BrNO4. The zero-order chi connectivity index (χ0) is 17.7. The van der Waals surface area contributed by atoms with Gasteiger partial charge < -0.3 is 15.2 Å². The molecule has 2 aromatic carbocycles. The van der Waals surface area contributed by atoms with Gasteiger partial charge in [-0.25, -0.2) is 0 Å². The van der Waals surface area contributed by atoms with Crippen molar-refractivity contribution < 1.29 is 19.4 Å². The largest absolute Gasteiger partial charge is 0.482 e. The standard InChI is InChI=1S/C18H18BrNO4/c1-11-7-12(2)18(15(19)8-11)24-10-16(21)20-14-5-3-13(4-6-14)9-17(22)23/h3-8H,9-10H2,1-2H3,(H,20,21)(H,22,23). The molecule has 0 heterocycles. The topological polar surface area (TPSA) is 75.6 Å². The molecule has 0 aliphatic rings.